The standard InChI is InChI=1S/C10H15IO/c1-9(2,3)10(11)7-5-4-6-8(10)12/h4-8,12H,1-3H3. The molecule has 2 heteroatoms. The fourth-order valence-electron chi connectivity index (χ4n) is 1.30. The van der Waals surface area contributed by atoms with Gasteiger partial charge in [-0.25, -0.2) is 0 Å². The van der Waals surface area contributed by atoms with E-state index in [0.29, 0.717) is 0 Å². The summed E-state index contributed by atoms with van der Waals surface area (Å²) in [4.78, 5) is 0. The number of hydrogen-bond acceptors (Lipinski definition) is 1. The minimum atomic E-state index is -0.372. The second kappa shape index (κ2) is 3.14. The Kier molecular flexibility index (Phi) is 2.69. The topological polar surface area (TPSA) is 20.2 Å². The highest BCUT2D eigenvalue weighted by Gasteiger charge is 2.43. The van der Waals surface area contributed by atoms with E-state index in [0.717, 1.165) is 0 Å². The van der Waals surface area contributed by atoms with Crippen molar-refractivity contribution in [3.05, 3.63) is 24.3 Å². The zero-order chi connectivity index (χ0) is 9.41. The zero-order valence-corrected chi connectivity index (χ0v) is 9.87. The van der Waals surface area contributed by atoms with Gasteiger partial charge in [0.25, 0.3) is 0 Å². The van der Waals surface area contributed by atoms with E-state index in [-0.39, 0.29) is 14.9 Å². The van der Waals surface area contributed by atoms with Gasteiger partial charge in [-0.2, -0.15) is 0 Å². The summed E-state index contributed by atoms with van der Waals surface area (Å²) < 4.78 is -0.167. The first kappa shape index (κ1) is 10.3. The van der Waals surface area contributed by atoms with Crippen LogP contribution >= 0.6 is 22.6 Å². The smallest absolute Gasteiger partial charge is 0.0909 e. The summed E-state index contributed by atoms with van der Waals surface area (Å²) in [6, 6.07) is 0. The Morgan fingerprint density at radius 3 is 2.25 bits per heavy atom. The van der Waals surface area contributed by atoms with Gasteiger partial charge in [0.1, 0.15) is 0 Å². The lowest BCUT2D eigenvalue weighted by molar-refractivity contribution is 0.141. The van der Waals surface area contributed by atoms with Crippen LogP contribution in [0, 0.1) is 5.41 Å². The van der Waals surface area contributed by atoms with Gasteiger partial charge in [-0.05, 0) is 5.41 Å². The molecule has 0 radical (unpaired) electrons. The summed E-state index contributed by atoms with van der Waals surface area (Å²) in [5.41, 5.74) is 0.0776. The summed E-state index contributed by atoms with van der Waals surface area (Å²) in [6.45, 7) is 6.44. The van der Waals surface area contributed by atoms with Crippen LogP contribution in [0.3, 0.4) is 0 Å². The van der Waals surface area contributed by atoms with Crippen molar-refractivity contribution >= 4 is 22.6 Å². The number of allylic oxidation sites excluding steroid dienone is 2. The highest BCUT2D eigenvalue weighted by molar-refractivity contribution is 14.1. The van der Waals surface area contributed by atoms with Gasteiger partial charge in [0, 0.05) is 0 Å². The number of aliphatic hydroxyl groups is 1. The second-order valence-corrected chi connectivity index (χ2v) is 5.99. The average Bonchev–Trinajstić information content (AvgIpc) is 1.93. The van der Waals surface area contributed by atoms with Crippen LogP contribution in [0.5, 0.6) is 0 Å². The van der Waals surface area contributed by atoms with E-state index in [1.54, 1.807) is 0 Å². The highest BCUT2D eigenvalue weighted by Crippen LogP contribution is 2.44. The number of alkyl halides is 1. The van der Waals surface area contributed by atoms with Crippen LogP contribution in [-0.4, -0.2) is 14.6 Å². The van der Waals surface area contributed by atoms with E-state index in [2.05, 4.69) is 49.4 Å². The quantitative estimate of drug-likeness (QED) is 0.533. The Labute approximate surface area is 87.7 Å². The van der Waals surface area contributed by atoms with Crippen LogP contribution in [0.1, 0.15) is 20.8 Å². The molecule has 0 bridgehead atoms. The maximum Gasteiger partial charge on any atom is 0.0909 e. The van der Waals surface area contributed by atoms with Crippen LogP contribution in [0.4, 0.5) is 0 Å². The van der Waals surface area contributed by atoms with Gasteiger partial charge in [0.15, 0.2) is 0 Å². The van der Waals surface area contributed by atoms with Crippen molar-refractivity contribution in [2.45, 2.75) is 30.3 Å². The van der Waals surface area contributed by atoms with Crippen LogP contribution in [0.15, 0.2) is 24.3 Å². The Morgan fingerprint density at radius 1 is 1.33 bits per heavy atom. The lowest BCUT2D eigenvalue weighted by Crippen LogP contribution is -2.45. The summed E-state index contributed by atoms with van der Waals surface area (Å²) in [7, 11) is 0. The van der Waals surface area contributed by atoms with Crippen molar-refractivity contribution in [3.8, 4) is 0 Å². The molecule has 1 nitrogen and oxygen atoms in total. The molecule has 0 aromatic rings. The summed E-state index contributed by atoms with van der Waals surface area (Å²) >= 11 is 2.33. The highest BCUT2D eigenvalue weighted by atomic mass is 127. The molecule has 0 amide bonds. The Morgan fingerprint density at radius 2 is 1.92 bits per heavy atom. The van der Waals surface area contributed by atoms with E-state index >= 15 is 0 Å². The molecule has 2 atom stereocenters. The first-order chi connectivity index (χ1) is 5.38. The first-order valence-electron chi connectivity index (χ1n) is 4.11. The van der Waals surface area contributed by atoms with Gasteiger partial charge in [-0.3, -0.25) is 0 Å². The van der Waals surface area contributed by atoms with Gasteiger partial charge in [0.2, 0.25) is 0 Å². The van der Waals surface area contributed by atoms with E-state index < -0.39 is 0 Å². The monoisotopic (exact) mass is 278 g/mol. The predicted octanol–water partition coefficient (Wildman–Crippen LogP) is 2.69. The van der Waals surface area contributed by atoms with Crippen LogP contribution in [-0.2, 0) is 0 Å². The van der Waals surface area contributed by atoms with E-state index in [1.807, 2.05) is 18.2 Å². The molecule has 68 valence electrons. The minimum absolute atomic E-state index is 0.0776. The SMILES string of the molecule is CC(C)(C)C1(I)C=CC=CC1O. The van der Waals surface area contributed by atoms with E-state index in [1.165, 1.54) is 0 Å². The third kappa shape index (κ3) is 1.59. The molecule has 0 saturated carbocycles. The number of halogens is 1. The lowest BCUT2D eigenvalue weighted by Gasteiger charge is -2.41. The third-order valence-electron chi connectivity index (χ3n) is 2.32. The molecular weight excluding hydrogens is 263 g/mol. The zero-order valence-electron chi connectivity index (χ0n) is 7.71. The van der Waals surface area contributed by atoms with Crippen molar-refractivity contribution in [3.63, 3.8) is 0 Å². The molecular formula is C10H15IO. The Hall–Kier alpha value is 0.170. The fraction of sp³-hybridized carbons (Fsp3) is 0.600. The van der Waals surface area contributed by atoms with Crippen molar-refractivity contribution in [1.82, 2.24) is 0 Å². The molecule has 1 aliphatic carbocycles. The molecule has 1 rings (SSSR count). The molecule has 2 unspecified atom stereocenters. The molecule has 1 N–H and O–H groups in total. The van der Waals surface area contributed by atoms with Gasteiger partial charge >= 0.3 is 0 Å². The molecule has 0 aromatic carbocycles. The molecule has 12 heavy (non-hydrogen) atoms. The third-order valence-corrected chi connectivity index (χ3v) is 4.94. The maximum atomic E-state index is 9.82. The maximum absolute atomic E-state index is 9.82. The molecule has 1 aliphatic rings. The van der Waals surface area contributed by atoms with Crippen LogP contribution in [0.25, 0.3) is 0 Å². The summed E-state index contributed by atoms with van der Waals surface area (Å²) in [5, 5.41) is 9.82. The summed E-state index contributed by atoms with van der Waals surface area (Å²) in [6.07, 6.45) is 7.45. The normalized spacial score (nSPS) is 35.6. The second-order valence-electron chi connectivity index (χ2n) is 4.21. The van der Waals surface area contributed by atoms with Crippen molar-refractivity contribution in [1.29, 1.82) is 0 Å². The predicted molar refractivity (Wildman–Crippen MR) is 60.5 cm³/mol. The molecule has 0 saturated heterocycles. The number of rotatable bonds is 0. The lowest BCUT2D eigenvalue weighted by atomic mass is 9.75. The van der Waals surface area contributed by atoms with Crippen LogP contribution in [0.2, 0.25) is 0 Å². The Balaban J connectivity index is 2.99. The van der Waals surface area contributed by atoms with E-state index in [9.17, 15) is 5.11 Å². The largest absolute Gasteiger partial charge is 0.387 e. The molecule has 0 aliphatic heterocycles. The fourth-order valence-corrected chi connectivity index (χ4v) is 1.71. The summed E-state index contributed by atoms with van der Waals surface area (Å²) in [5.74, 6) is 0. The first-order valence-corrected chi connectivity index (χ1v) is 5.19. The Bertz CT molecular complexity index is 224. The van der Waals surface area contributed by atoms with Gasteiger partial charge < -0.3 is 5.11 Å². The number of aliphatic hydroxyl groups excluding tert-OH is 1. The van der Waals surface area contributed by atoms with Gasteiger partial charge in [-0.15, -0.1) is 0 Å². The van der Waals surface area contributed by atoms with Gasteiger partial charge in [-0.1, -0.05) is 67.7 Å². The molecule has 0 fully saturated rings. The van der Waals surface area contributed by atoms with Crippen molar-refractivity contribution < 1.29 is 5.11 Å². The average molecular weight is 278 g/mol. The molecule has 0 aromatic heterocycles. The van der Waals surface area contributed by atoms with Crippen molar-refractivity contribution in [2.24, 2.45) is 5.41 Å². The van der Waals surface area contributed by atoms with Crippen LogP contribution < -0.4 is 0 Å². The number of hydrogen-bond donors (Lipinski definition) is 1. The van der Waals surface area contributed by atoms with E-state index in [4.69, 9.17) is 0 Å². The van der Waals surface area contributed by atoms with Crippen molar-refractivity contribution in [2.75, 3.05) is 0 Å². The van der Waals surface area contributed by atoms with Gasteiger partial charge in [0.05, 0.1) is 9.53 Å². The molecule has 0 spiro atoms. The minimum Gasteiger partial charge on any atom is -0.387 e. The molecule has 0 heterocycles.